The lowest BCUT2D eigenvalue weighted by atomic mass is 10.3. The lowest BCUT2D eigenvalue weighted by Crippen LogP contribution is -2.00. The number of pyridine rings is 1. The third kappa shape index (κ3) is 3.07. The van der Waals surface area contributed by atoms with Crippen molar-refractivity contribution in [2.75, 3.05) is 12.5 Å². The molecule has 26 heavy (non-hydrogen) atoms. The van der Waals surface area contributed by atoms with Crippen LogP contribution in [0.5, 0.6) is 5.75 Å². The molecule has 0 atom stereocenters. The molecule has 0 amide bonds. The highest BCUT2D eigenvalue weighted by molar-refractivity contribution is 5.88. The van der Waals surface area contributed by atoms with Gasteiger partial charge in [0.05, 0.1) is 30.6 Å². The van der Waals surface area contributed by atoms with E-state index in [9.17, 15) is 0 Å². The molecule has 0 saturated carbocycles. The van der Waals surface area contributed by atoms with E-state index in [1.807, 2.05) is 36.4 Å². The van der Waals surface area contributed by atoms with Gasteiger partial charge in [-0.2, -0.15) is 10.2 Å². The summed E-state index contributed by atoms with van der Waals surface area (Å²) in [6.07, 6.45) is 8.29. The van der Waals surface area contributed by atoms with E-state index in [-0.39, 0.29) is 0 Å². The second kappa shape index (κ2) is 6.98. The molecule has 8 heteroatoms. The van der Waals surface area contributed by atoms with E-state index in [2.05, 4.69) is 30.6 Å². The maximum atomic E-state index is 5.27. The van der Waals surface area contributed by atoms with E-state index in [1.54, 1.807) is 36.6 Å². The highest BCUT2D eigenvalue weighted by atomic mass is 16.5. The van der Waals surface area contributed by atoms with Crippen LogP contribution in [0.1, 0.15) is 5.56 Å². The first kappa shape index (κ1) is 15.7. The average Bonchev–Trinajstić information content (AvgIpc) is 3.14. The van der Waals surface area contributed by atoms with Crippen molar-refractivity contribution in [3.63, 3.8) is 0 Å². The number of ether oxygens (including phenoxy) is 1. The molecule has 0 radical (unpaired) electrons. The lowest BCUT2D eigenvalue weighted by molar-refractivity contribution is 0.414. The number of methoxy groups -OCH3 is 1. The molecule has 0 bridgehead atoms. The van der Waals surface area contributed by atoms with Crippen LogP contribution >= 0.6 is 0 Å². The van der Waals surface area contributed by atoms with E-state index in [0.717, 1.165) is 22.4 Å². The summed E-state index contributed by atoms with van der Waals surface area (Å²) in [4.78, 5) is 12.6. The zero-order chi connectivity index (χ0) is 17.8. The minimum atomic E-state index is 0.573. The first-order valence-corrected chi connectivity index (χ1v) is 7.87. The van der Waals surface area contributed by atoms with Crippen molar-refractivity contribution in [3.05, 3.63) is 66.9 Å². The topological polar surface area (TPSA) is 90.1 Å². The zero-order valence-electron chi connectivity index (χ0n) is 13.9. The van der Waals surface area contributed by atoms with Crippen LogP contribution < -0.4 is 10.2 Å². The lowest BCUT2D eigenvalue weighted by Gasteiger charge is -2.06. The quantitative estimate of drug-likeness (QED) is 0.442. The molecule has 0 aliphatic rings. The van der Waals surface area contributed by atoms with Crippen LogP contribution in [-0.4, -0.2) is 38.1 Å². The minimum Gasteiger partial charge on any atom is -0.497 e. The summed E-state index contributed by atoms with van der Waals surface area (Å²) in [5.41, 5.74) is 5.35. The van der Waals surface area contributed by atoms with Crippen molar-refractivity contribution in [2.24, 2.45) is 5.10 Å². The molecular formula is C18H15N7O. The molecular weight excluding hydrogens is 330 g/mol. The fourth-order valence-electron chi connectivity index (χ4n) is 2.48. The predicted octanol–water partition coefficient (Wildman–Crippen LogP) is 2.67. The zero-order valence-corrected chi connectivity index (χ0v) is 13.9. The number of benzene rings is 1. The van der Waals surface area contributed by atoms with Crippen molar-refractivity contribution in [1.82, 2.24) is 24.7 Å². The van der Waals surface area contributed by atoms with Gasteiger partial charge in [-0.05, 0) is 18.2 Å². The molecule has 0 aliphatic heterocycles. The molecule has 0 unspecified atom stereocenters. The van der Waals surface area contributed by atoms with Crippen LogP contribution in [-0.2, 0) is 0 Å². The number of hydrazone groups is 1. The minimum absolute atomic E-state index is 0.573. The molecule has 4 rings (SSSR count). The van der Waals surface area contributed by atoms with E-state index in [4.69, 9.17) is 4.74 Å². The SMILES string of the molecule is COc1cccc(-n2ncc3c(NN=Cc4cccnc4)ncnc32)c1. The Morgan fingerprint density at radius 3 is 2.96 bits per heavy atom. The Balaban J connectivity index is 1.66. The fraction of sp³-hybridized carbons (Fsp3) is 0.0556. The molecule has 3 aromatic heterocycles. The molecule has 3 heterocycles. The Labute approximate surface area is 149 Å². The van der Waals surface area contributed by atoms with Gasteiger partial charge in [0.15, 0.2) is 11.5 Å². The predicted molar refractivity (Wildman–Crippen MR) is 98.7 cm³/mol. The summed E-state index contributed by atoms with van der Waals surface area (Å²) < 4.78 is 7.01. The summed E-state index contributed by atoms with van der Waals surface area (Å²) in [5.74, 6) is 1.32. The summed E-state index contributed by atoms with van der Waals surface area (Å²) in [6.45, 7) is 0. The Hall–Kier alpha value is -3.81. The smallest absolute Gasteiger partial charge is 0.168 e. The number of fused-ring (bicyclic) bond motifs is 1. The summed E-state index contributed by atoms with van der Waals surface area (Å²) >= 11 is 0. The Morgan fingerprint density at radius 2 is 2.12 bits per heavy atom. The van der Waals surface area contributed by atoms with E-state index < -0.39 is 0 Å². The third-order valence-electron chi connectivity index (χ3n) is 3.73. The van der Waals surface area contributed by atoms with Crippen molar-refractivity contribution in [2.45, 2.75) is 0 Å². The number of hydrogen-bond donors (Lipinski definition) is 1. The normalized spacial score (nSPS) is 11.1. The van der Waals surface area contributed by atoms with Gasteiger partial charge in [0, 0.05) is 24.0 Å². The van der Waals surface area contributed by atoms with Crippen LogP contribution in [0.15, 0.2) is 66.4 Å². The Morgan fingerprint density at radius 1 is 1.15 bits per heavy atom. The number of aromatic nitrogens is 5. The molecule has 0 aliphatic carbocycles. The second-order valence-corrected chi connectivity index (χ2v) is 5.37. The van der Waals surface area contributed by atoms with Gasteiger partial charge < -0.3 is 4.74 Å². The van der Waals surface area contributed by atoms with E-state index in [0.29, 0.717) is 11.5 Å². The second-order valence-electron chi connectivity index (χ2n) is 5.37. The van der Waals surface area contributed by atoms with Crippen molar-refractivity contribution in [3.8, 4) is 11.4 Å². The van der Waals surface area contributed by atoms with E-state index >= 15 is 0 Å². The number of anilines is 1. The molecule has 1 aromatic carbocycles. The van der Waals surface area contributed by atoms with Crippen molar-refractivity contribution < 1.29 is 4.74 Å². The molecule has 4 aromatic rings. The molecule has 1 N–H and O–H groups in total. The Kier molecular flexibility index (Phi) is 4.21. The van der Waals surface area contributed by atoms with Crippen LogP contribution in [0.3, 0.4) is 0 Å². The fourth-order valence-corrected chi connectivity index (χ4v) is 2.48. The van der Waals surface area contributed by atoms with Gasteiger partial charge in [-0.1, -0.05) is 12.1 Å². The van der Waals surface area contributed by atoms with E-state index in [1.165, 1.54) is 6.33 Å². The maximum absolute atomic E-state index is 5.27. The van der Waals surface area contributed by atoms with Crippen LogP contribution in [0.2, 0.25) is 0 Å². The van der Waals surface area contributed by atoms with Gasteiger partial charge in [-0.15, -0.1) is 0 Å². The molecule has 0 spiro atoms. The van der Waals surface area contributed by atoms with Gasteiger partial charge in [-0.3, -0.25) is 10.4 Å². The van der Waals surface area contributed by atoms with Crippen molar-refractivity contribution in [1.29, 1.82) is 0 Å². The summed E-state index contributed by atoms with van der Waals surface area (Å²) in [5, 5.41) is 9.40. The number of nitrogens with one attached hydrogen (secondary N) is 1. The van der Waals surface area contributed by atoms with Gasteiger partial charge in [0.25, 0.3) is 0 Å². The highest BCUT2D eigenvalue weighted by Crippen LogP contribution is 2.23. The number of nitrogens with zero attached hydrogens (tertiary/aromatic N) is 6. The van der Waals surface area contributed by atoms with Crippen LogP contribution in [0.4, 0.5) is 5.82 Å². The standard InChI is InChI=1S/C18H15N7O/c1-26-15-6-2-5-14(8-15)25-18-16(11-23-25)17(20-12-21-18)24-22-10-13-4-3-7-19-9-13/h2-12H,1H3,(H,20,21,24). The first-order valence-electron chi connectivity index (χ1n) is 7.87. The van der Waals surface area contributed by atoms with Gasteiger partial charge in [-0.25, -0.2) is 14.6 Å². The van der Waals surface area contributed by atoms with Gasteiger partial charge >= 0.3 is 0 Å². The molecule has 8 nitrogen and oxygen atoms in total. The van der Waals surface area contributed by atoms with Crippen molar-refractivity contribution >= 4 is 23.1 Å². The van der Waals surface area contributed by atoms with Crippen LogP contribution in [0, 0.1) is 0 Å². The van der Waals surface area contributed by atoms with Gasteiger partial charge in [0.2, 0.25) is 0 Å². The number of rotatable bonds is 5. The average molecular weight is 345 g/mol. The molecule has 0 fully saturated rings. The van der Waals surface area contributed by atoms with Gasteiger partial charge in [0.1, 0.15) is 12.1 Å². The summed E-state index contributed by atoms with van der Waals surface area (Å²) in [7, 11) is 1.63. The number of hydrogen-bond acceptors (Lipinski definition) is 7. The largest absolute Gasteiger partial charge is 0.497 e. The maximum Gasteiger partial charge on any atom is 0.168 e. The first-order chi connectivity index (χ1) is 12.8. The van der Waals surface area contributed by atoms with Crippen LogP contribution in [0.25, 0.3) is 16.7 Å². The monoisotopic (exact) mass is 345 g/mol. The molecule has 128 valence electrons. The Bertz CT molecular complexity index is 1060. The third-order valence-corrected chi connectivity index (χ3v) is 3.73. The molecule has 0 saturated heterocycles. The highest BCUT2D eigenvalue weighted by Gasteiger charge is 2.11. The summed E-state index contributed by atoms with van der Waals surface area (Å²) in [6, 6.07) is 11.4.